The third-order valence-corrected chi connectivity index (χ3v) is 3.41. The van der Waals surface area contributed by atoms with Crippen LogP contribution in [-0.2, 0) is 4.79 Å². The van der Waals surface area contributed by atoms with E-state index in [1.54, 1.807) is 0 Å². The van der Waals surface area contributed by atoms with Gasteiger partial charge in [0.25, 0.3) is 0 Å². The molecule has 4 heteroatoms. The SMILES string of the molecule is O=C1CC(c2c(Cl)cccc2Br)CN1. The minimum atomic E-state index is 0.0989. The van der Waals surface area contributed by atoms with Gasteiger partial charge >= 0.3 is 0 Å². The van der Waals surface area contributed by atoms with Gasteiger partial charge in [-0.2, -0.15) is 0 Å². The van der Waals surface area contributed by atoms with Gasteiger partial charge in [-0.3, -0.25) is 4.79 Å². The number of nitrogens with one attached hydrogen (secondary N) is 1. The zero-order valence-electron chi connectivity index (χ0n) is 7.39. The highest BCUT2D eigenvalue weighted by molar-refractivity contribution is 9.10. The molecule has 0 aliphatic carbocycles. The Hall–Kier alpha value is -0.540. The molecule has 2 rings (SSSR count). The maximum absolute atomic E-state index is 11.1. The zero-order valence-corrected chi connectivity index (χ0v) is 9.73. The van der Waals surface area contributed by atoms with Crippen LogP contribution in [0.15, 0.2) is 22.7 Å². The first-order valence-electron chi connectivity index (χ1n) is 4.39. The molecule has 1 saturated heterocycles. The Kier molecular flexibility index (Phi) is 2.79. The van der Waals surface area contributed by atoms with Crippen molar-refractivity contribution in [1.82, 2.24) is 5.32 Å². The summed E-state index contributed by atoms with van der Waals surface area (Å²) >= 11 is 9.54. The Morgan fingerprint density at radius 3 is 2.86 bits per heavy atom. The first-order valence-corrected chi connectivity index (χ1v) is 5.56. The summed E-state index contributed by atoms with van der Waals surface area (Å²) in [6.45, 7) is 0.682. The van der Waals surface area contributed by atoms with Crippen molar-refractivity contribution < 1.29 is 4.79 Å². The van der Waals surface area contributed by atoms with Crippen LogP contribution in [0.2, 0.25) is 5.02 Å². The number of hydrogen-bond donors (Lipinski definition) is 1. The smallest absolute Gasteiger partial charge is 0.220 e. The molecule has 1 aromatic rings. The summed E-state index contributed by atoms with van der Waals surface area (Å²) in [5.74, 6) is 0.299. The standard InChI is InChI=1S/C10H9BrClNO/c11-7-2-1-3-8(12)10(7)6-4-9(14)13-5-6/h1-3,6H,4-5H2,(H,13,14). The Morgan fingerprint density at radius 2 is 2.29 bits per heavy atom. The number of hydrogen-bond acceptors (Lipinski definition) is 1. The molecule has 0 saturated carbocycles. The van der Waals surface area contributed by atoms with E-state index in [9.17, 15) is 4.79 Å². The monoisotopic (exact) mass is 273 g/mol. The van der Waals surface area contributed by atoms with Crippen molar-refractivity contribution in [3.63, 3.8) is 0 Å². The van der Waals surface area contributed by atoms with Crippen molar-refractivity contribution in [2.24, 2.45) is 0 Å². The van der Waals surface area contributed by atoms with Crippen LogP contribution >= 0.6 is 27.5 Å². The molecule has 1 N–H and O–H groups in total. The molecule has 0 bridgehead atoms. The average molecular weight is 275 g/mol. The van der Waals surface area contributed by atoms with Crippen molar-refractivity contribution in [3.8, 4) is 0 Å². The molecule has 0 radical (unpaired) electrons. The van der Waals surface area contributed by atoms with Gasteiger partial charge in [-0.15, -0.1) is 0 Å². The number of rotatable bonds is 1. The summed E-state index contributed by atoms with van der Waals surface area (Å²) in [5, 5.41) is 3.53. The van der Waals surface area contributed by atoms with Gasteiger partial charge in [0, 0.05) is 28.4 Å². The summed E-state index contributed by atoms with van der Waals surface area (Å²) < 4.78 is 0.978. The minimum absolute atomic E-state index is 0.0989. The lowest BCUT2D eigenvalue weighted by Crippen LogP contribution is -2.13. The van der Waals surface area contributed by atoms with E-state index < -0.39 is 0 Å². The van der Waals surface area contributed by atoms with Gasteiger partial charge in [0.05, 0.1) is 0 Å². The van der Waals surface area contributed by atoms with Gasteiger partial charge in [-0.05, 0) is 17.7 Å². The maximum Gasteiger partial charge on any atom is 0.220 e. The fraction of sp³-hybridized carbons (Fsp3) is 0.300. The molecule has 14 heavy (non-hydrogen) atoms. The predicted octanol–water partition coefficient (Wildman–Crippen LogP) is 2.71. The Bertz CT molecular complexity index is 360. The van der Waals surface area contributed by atoms with Crippen molar-refractivity contribution in [1.29, 1.82) is 0 Å². The third kappa shape index (κ3) is 1.79. The summed E-state index contributed by atoms with van der Waals surface area (Å²) in [7, 11) is 0. The normalized spacial score (nSPS) is 21.0. The van der Waals surface area contributed by atoms with E-state index in [0.29, 0.717) is 13.0 Å². The average Bonchev–Trinajstić information content (AvgIpc) is 2.51. The molecular weight excluding hydrogens is 265 g/mol. The largest absolute Gasteiger partial charge is 0.355 e. The van der Waals surface area contributed by atoms with Gasteiger partial charge in [-0.25, -0.2) is 0 Å². The highest BCUT2D eigenvalue weighted by Crippen LogP contribution is 2.34. The zero-order chi connectivity index (χ0) is 10.1. The van der Waals surface area contributed by atoms with E-state index in [4.69, 9.17) is 11.6 Å². The summed E-state index contributed by atoms with van der Waals surface area (Å²) in [6.07, 6.45) is 0.530. The number of carbonyl (C=O) groups excluding carboxylic acids is 1. The van der Waals surface area contributed by atoms with Crippen molar-refractivity contribution in [3.05, 3.63) is 33.3 Å². The van der Waals surface area contributed by atoms with Gasteiger partial charge < -0.3 is 5.32 Å². The van der Waals surface area contributed by atoms with Crippen LogP contribution in [0.4, 0.5) is 0 Å². The topological polar surface area (TPSA) is 29.1 Å². The molecule has 1 atom stereocenters. The van der Waals surface area contributed by atoms with Crippen molar-refractivity contribution in [2.45, 2.75) is 12.3 Å². The Morgan fingerprint density at radius 1 is 1.50 bits per heavy atom. The molecule has 1 fully saturated rings. The van der Waals surface area contributed by atoms with Crippen LogP contribution < -0.4 is 5.32 Å². The number of amides is 1. The first-order chi connectivity index (χ1) is 6.68. The quantitative estimate of drug-likeness (QED) is 0.838. The molecule has 1 amide bonds. The van der Waals surface area contributed by atoms with E-state index in [0.717, 1.165) is 15.1 Å². The van der Waals surface area contributed by atoms with Crippen LogP contribution in [0.1, 0.15) is 17.9 Å². The summed E-state index contributed by atoms with van der Waals surface area (Å²) in [6, 6.07) is 5.69. The predicted molar refractivity (Wildman–Crippen MR) is 59.5 cm³/mol. The highest BCUT2D eigenvalue weighted by Gasteiger charge is 2.26. The summed E-state index contributed by atoms with van der Waals surface area (Å²) in [4.78, 5) is 11.1. The lowest BCUT2D eigenvalue weighted by Gasteiger charge is -2.11. The molecule has 74 valence electrons. The van der Waals surface area contributed by atoms with Crippen LogP contribution in [0.25, 0.3) is 0 Å². The van der Waals surface area contributed by atoms with Crippen LogP contribution in [0.3, 0.4) is 0 Å². The number of benzene rings is 1. The van der Waals surface area contributed by atoms with E-state index in [1.807, 2.05) is 18.2 Å². The second-order valence-electron chi connectivity index (χ2n) is 3.34. The van der Waals surface area contributed by atoms with Gasteiger partial charge in [0.15, 0.2) is 0 Å². The van der Waals surface area contributed by atoms with Gasteiger partial charge in [-0.1, -0.05) is 33.6 Å². The van der Waals surface area contributed by atoms with E-state index in [2.05, 4.69) is 21.2 Å². The second-order valence-corrected chi connectivity index (χ2v) is 4.60. The Labute approximate surface area is 95.8 Å². The molecule has 1 aliphatic heterocycles. The number of carbonyl (C=O) groups is 1. The molecular formula is C10H9BrClNO. The minimum Gasteiger partial charge on any atom is -0.355 e. The van der Waals surface area contributed by atoms with Crippen LogP contribution in [0.5, 0.6) is 0 Å². The lowest BCUT2D eigenvalue weighted by molar-refractivity contribution is -0.119. The molecule has 2 nitrogen and oxygen atoms in total. The van der Waals surface area contributed by atoms with Gasteiger partial charge in [0.1, 0.15) is 0 Å². The van der Waals surface area contributed by atoms with E-state index in [1.165, 1.54) is 0 Å². The first kappa shape index (κ1) is 9.99. The second kappa shape index (κ2) is 3.91. The fourth-order valence-electron chi connectivity index (χ4n) is 1.71. The van der Waals surface area contributed by atoms with Crippen molar-refractivity contribution >= 4 is 33.4 Å². The van der Waals surface area contributed by atoms with E-state index in [-0.39, 0.29) is 11.8 Å². The van der Waals surface area contributed by atoms with Crippen molar-refractivity contribution in [2.75, 3.05) is 6.54 Å². The Balaban J connectivity index is 2.36. The number of halogens is 2. The highest BCUT2D eigenvalue weighted by atomic mass is 79.9. The molecule has 1 unspecified atom stereocenters. The van der Waals surface area contributed by atoms with Crippen LogP contribution in [-0.4, -0.2) is 12.5 Å². The third-order valence-electron chi connectivity index (χ3n) is 2.39. The molecule has 0 spiro atoms. The molecule has 0 aromatic heterocycles. The molecule has 1 aromatic carbocycles. The molecule has 1 heterocycles. The maximum atomic E-state index is 11.1. The fourth-order valence-corrected chi connectivity index (χ4v) is 2.84. The lowest BCUT2D eigenvalue weighted by atomic mass is 9.98. The molecule has 1 aliphatic rings. The van der Waals surface area contributed by atoms with E-state index >= 15 is 0 Å². The summed E-state index contributed by atoms with van der Waals surface area (Å²) in [5.41, 5.74) is 1.03. The van der Waals surface area contributed by atoms with Gasteiger partial charge in [0.2, 0.25) is 5.91 Å². The van der Waals surface area contributed by atoms with Crippen LogP contribution in [0, 0.1) is 0 Å².